The van der Waals surface area contributed by atoms with E-state index in [1.807, 2.05) is 0 Å². The maximum absolute atomic E-state index is 13.6. The summed E-state index contributed by atoms with van der Waals surface area (Å²) in [5.74, 6) is -1.28. The Hall–Kier alpha value is -2.47. The number of carbonyl (C=O) groups is 1. The van der Waals surface area contributed by atoms with Gasteiger partial charge in [0, 0.05) is 23.2 Å². The Morgan fingerprint density at radius 3 is 2.42 bits per heavy atom. The molecule has 6 heteroatoms. The lowest BCUT2D eigenvalue weighted by Gasteiger charge is -2.14. The lowest BCUT2D eigenvalue weighted by Crippen LogP contribution is -2.17. The third-order valence-electron chi connectivity index (χ3n) is 3.38. The molecule has 0 aromatic heterocycles. The predicted molar refractivity (Wildman–Crippen MR) is 86.7 cm³/mol. The first-order chi connectivity index (χ1) is 11.4. The van der Waals surface area contributed by atoms with Gasteiger partial charge in [-0.2, -0.15) is 0 Å². The van der Waals surface area contributed by atoms with Crippen LogP contribution in [-0.2, 0) is 4.79 Å². The highest BCUT2D eigenvalue weighted by Gasteiger charge is 2.14. The van der Waals surface area contributed by atoms with Crippen molar-refractivity contribution in [2.75, 3.05) is 11.9 Å². The van der Waals surface area contributed by atoms with Gasteiger partial charge in [0.05, 0.1) is 0 Å². The number of ether oxygens (including phenoxy) is 1. The Morgan fingerprint density at radius 1 is 1.17 bits per heavy atom. The predicted octanol–water partition coefficient (Wildman–Crippen LogP) is 3.67. The van der Waals surface area contributed by atoms with Gasteiger partial charge in [0.1, 0.15) is 30.1 Å². The number of rotatable bonds is 6. The highest BCUT2D eigenvalue weighted by molar-refractivity contribution is 5.92. The first-order valence-electron chi connectivity index (χ1n) is 7.53. The zero-order chi connectivity index (χ0) is 17.7. The quantitative estimate of drug-likeness (QED) is 0.847. The third kappa shape index (κ3) is 4.76. The molecule has 0 bridgehead atoms. The fourth-order valence-corrected chi connectivity index (χ4v) is 1.96. The number of nitrogens with one attached hydrogen (secondary N) is 1. The average Bonchev–Trinajstić information content (AvgIpc) is 2.53. The van der Waals surface area contributed by atoms with E-state index in [0.29, 0.717) is 17.5 Å². The average molecular weight is 335 g/mol. The first-order valence-corrected chi connectivity index (χ1v) is 7.53. The summed E-state index contributed by atoms with van der Waals surface area (Å²) in [7, 11) is 0. The van der Waals surface area contributed by atoms with Crippen LogP contribution < -0.4 is 10.1 Å². The van der Waals surface area contributed by atoms with E-state index in [4.69, 9.17) is 4.74 Å². The topological polar surface area (TPSA) is 58.6 Å². The maximum Gasteiger partial charge on any atom is 0.226 e. The van der Waals surface area contributed by atoms with Crippen molar-refractivity contribution in [1.29, 1.82) is 0 Å². The van der Waals surface area contributed by atoms with E-state index in [2.05, 4.69) is 5.32 Å². The molecule has 0 aliphatic rings. The second-order valence-corrected chi connectivity index (χ2v) is 5.66. The Bertz CT molecular complexity index is 702. The molecule has 0 saturated heterocycles. The molecule has 4 nitrogen and oxygen atoms in total. The van der Waals surface area contributed by atoms with E-state index in [0.717, 1.165) is 6.07 Å². The molecule has 0 aliphatic heterocycles. The zero-order valence-electron chi connectivity index (χ0n) is 13.4. The molecule has 24 heavy (non-hydrogen) atoms. The number of hydrogen-bond donors (Lipinski definition) is 2. The number of aliphatic hydroxyl groups excluding tert-OH is 1. The van der Waals surface area contributed by atoms with E-state index >= 15 is 0 Å². The second kappa shape index (κ2) is 7.88. The van der Waals surface area contributed by atoms with Crippen molar-refractivity contribution in [3.05, 3.63) is 59.7 Å². The smallest absolute Gasteiger partial charge is 0.226 e. The van der Waals surface area contributed by atoms with E-state index in [-0.39, 0.29) is 24.0 Å². The van der Waals surface area contributed by atoms with Gasteiger partial charge in [0.25, 0.3) is 0 Å². The van der Waals surface area contributed by atoms with Gasteiger partial charge in [0.15, 0.2) is 0 Å². The molecule has 0 saturated carbocycles. The van der Waals surface area contributed by atoms with Crippen LogP contribution in [0.2, 0.25) is 0 Å². The minimum Gasteiger partial charge on any atom is -0.491 e. The van der Waals surface area contributed by atoms with Crippen LogP contribution in [0.3, 0.4) is 0 Å². The van der Waals surface area contributed by atoms with Crippen molar-refractivity contribution < 1.29 is 23.4 Å². The number of anilines is 1. The summed E-state index contributed by atoms with van der Waals surface area (Å²) in [6.45, 7) is 3.41. The summed E-state index contributed by atoms with van der Waals surface area (Å²) in [6.07, 6.45) is -1.22. The Labute approximate surface area is 139 Å². The van der Waals surface area contributed by atoms with Crippen LogP contribution in [0.4, 0.5) is 14.5 Å². The molecule has 128 valence electrons. The van der Waals surface area contributed by atoms with Gasteiger partial charge in [-0.15, -0.1) is 0 Å². The molecule has 0 aliphatic carbocycles. The number of hydrogen-bond acceptors (Lipinski definition) is 3. The van der Waals surface area contributed by atoms with Gasteiger partial charge < -0.3 is 15.2 Å². The van der Waals surface area contributed by atoms with Gasteiger partial charge in [-0.05, 0) is 30.3 Å². The molecule has 1 atom stereocenters. The molecule has 1 unspecified atom stereocenters. The van der Waals surface area contributed by atoms with Crippen LogP contribution in [0.1, 0.15) is 25.5 Å². The van der Waals surface area contributed by atoms with E-state index < -0.39 is 17.7 Å². The van der Waals surface area contributed by atoms with E-state index in [1.165, 1.54) is 6.07 Å². The molecule has 0 radical (unpaired) electrons. The zero-order valence-corrected chi connectivity index (χ0v) is 13.4. The Morgan fingerprint density at radius 2 is 1.83 bits per heavy atom. The highest BCUT2D eigenvalue weighted by Crippen LogP contribution is 2.21. The molecule has 2 N–H and O–H groups in total. The standard InChI is InChI=1S/C18H19F2NO3/c1-11(2)18(23)21-13-4-6-14(7-5-13)24-10-17(22)15-8-3-12(19)9-16(15)20/h3-9,11,17,22H,10H2,1-2H3,(H,21,23). The number of carbonyl (C=O) groups excluding carboxylic acids is 1. The fraction of sp³-hybridized carbons (Fsp3) is 0.278. The van der Waals surface area contributed by atoms with Gasteiger partial charge >= 0.3 is 0 Å². The molecule has 2 rings (SSSR count). The van der Waals surface area contributed by atoms with Crippen LogP contribution in [0.15, 0.2) is 42.5 Å². The minimum absolute atomic E-state index is 0.0304. The van der Waals surface area contributed by atoms with E-state index in [1.54, 1.807) is 38.1 Å². The molecule has 0 heterocycles. The van der Waals surface area contributed by atoms with E-state index in [9.17, 15) is 18.7 Å². The fourth-order valence-electron chi connectivity index (χ4n) is 1.96. The normalized spacial score (nSPS) is 12.1. The molecule has 1 amide bonds. The minimum atomic E-state index is -1.22. The summed E-state index contributed by atoms with van der Waals surface area (Å²) in [6, 6.07) is 9.57. The van der Waals surface area contributed by atoms with Gasteiger partial charge in [-0.1, -0.05) is 19.9 Å². The van der Waals surface area contributed by atoms with Crippen molar-refractivity contribution in [2.45, 2.75) is 20.0 Å². The lowest BCUT2D eigenvalue weighted by molar-refractivity contribution is -0.118. The maximum atomic E-state index is 13.6. The Balaban J connectivity index is 1.93. The summed E-state index contributed by atoms with van der Waals surface area (Å²) >= 11 is 0. The van der Waals surface area contributed by atoms with Gasteiger partial charge in [0.2, 0.25) is 5.91 Å². The van der Waals surface area contributed by atoms with Crippen molar-refractivity contribution in [1.82, 2.24) is 0 Å². The summed E-state index contributed by atoms with van der Waals surface area (Å²) in [5, 5.41) is 12.7. The van der Waals surface area contributed by atoms with Crippen LogP contribution in [0.5, 0.6) is 5.75 Å². The van der Waals surface area contributed by atoms with Crippen molar-refractivity contribution in [2.24, 2.45) is 5.92 Å². The highest BCUT2D eigenvalue weighted by atomic mass is 19.1. The number of halogens is 2. The summed E-state index contributed by atoms with van der Waals surface area (Å²) in [4.78, 5) is 11.6. The molecular weight excluding hydrogens is 316 g/mol. The number of aliphatic hydroxyl groups is 1. The molecule has 2 aromatic carbocycles. The van der Waals surface area contributed by atoms with Crippen LogP contribution in [0, 0.1) is 17.6 Å². The van der Waals surface area contributed by atoms with Gasteiger partial charge in [-0.25, -0.2) is 8.78 Å². The second-order valence-electron chi connectivity index (χ2n) is 5.66. The third-order valence-corrected chi connectivity index (χ3v) is 3.38. The summed E-state index contributed by atoms with van der Waals surface area (Å²) < 4.78 is 31.8. The molecule has 2 aromatic rings. The number of amides is 1. The van der Waals surface area contributed by atoms with Crippen molar-refractivity contribution in [3.8, 4) is 5.75 Å². The largest absolute Gasteiger partial charge is 0.491 e. The SMILES string of the molecule is CC(C)C(=O)Nc1ccc(OCC(O)c2ccc(F)cc2F)cc1. The lowest BCUT2D eigenvalue weighted by atomic mass is 10.1. The molecule has 0 spiro atoms. The molecule has 0 fully saturated rings. The Kier molecular flexibility index (Phi) is 5.87. The van der Waals surface area contributed by atoms with Crippen LogP contribution in [-0.4, -0.2) is 17.6 Å². The molecular formula is C18H19F2NO3. The van der Waals surface area contributed by atoms with Crippen LogP contribution >= 0.6 is 0 Å². The van der Waals surface area contributed by atoms with Crippen LogP contribution in [0.25, 0.3) is 0 Å². The van der Waals surface area contributed by atoms with Gasteiger partial charge in [-0.3, -0.25) is 4.79 Å². The summed E-state index contributed by atoms with van der Waals surface area (Å²) in [5.41, 5.74) is 0.600. The van der Waals surface area contributed by atoms with Crippen molar-refractivity contribution >= 4 is 11.6 Å². The number of benzene rings is 2. The first kappa shape index (κ1) is 17.9. The van der Waals surface area contributed by atoms with Crippen molar-refractivity contribution in [3.63, 3.8) is 0 Å². The monoisotopic (exact) mass is 335 g/mol.